The molecule has 1 heterocycles. The number of sulfonamides is 1. The molecule has 2 aromatic carbocycles. The third-order valence-electron chi connectivity index (χ3n) is 3.81. The van der Waals surface area contributed by atoms with Gasteiger partial charge in [0.05, 0.1) is 17.2 Å². The number of rotatable bonds is 4. The van der Waals surface area contributed by atoms with Crippen molar-refractivity contribution in [2.24, 2.45) is 0 Å². The first-order valence-corrected chi connectivity index (χ1v) is 8.81. The van der Waals surface area contributed by atoms with Crippen LogP contribution in [0.25, 0.3) is 0 Å². The first kappa shape index (κ1) is 14.9. The molecule has 22 heavy (non-hydrogen) atoms. The zero-order chi connectivity index (χ0) is 15.7. The van der Waals surface area contributed by atoms with Crippen LogP contribution >= 0.6 is 0 Å². The van der Waals surface area contributed by atoms with Gasteiger partial charge in [-0.15, -0.1) is 0 Å². The van der Waals surface area contributed by atoms with Gasteiger partial charge in [-0.2, -0.15) is 0 Å². The van der Waals surface area contributed by atoms with Crippen LogP contribution in [0, 0.1) is 6.92 Å². The van der Waals surface area contributed by atoms with Crippen LogP contribution in [0.1, 0.15) is 18.1 Å². The van der Waals surface area contributed by atoms with Crippen molar-refractivity contribution in [1.29, 1.82) is 0 Å². The average Bonchev–Trinajstić information content (AvgIpc) is 2.92. The van der Waals surface area contributed by atoms with Crippen molar-refractivity contribution in [3.63, 3.8) is 0 Å². The standard InChI is InChI=1S/C17H19NO3S/c1-3-21-15-5-7-16(8-6-15)22(19,20)18-11-10-14-12-13(2)4-9-17(14)18/h4-9,12H,3,10-11H2,1-2H3. The number of fused-ring (bicyclic) bond motifs is 1. The van der Waals surface area contributed by atoms with E-state index in [1.807, 2.05) is 26.0 Å². The summed E-state index contributed by atoms with van der Waals surface area (Å²) in [5.74, 6) is 0.680. The molecule has 4 nitrogen and oxygen atoms in total. The maximum atomic E-state index is 12.8. The molecule has 0 aliphatic carbocycles. The molecule has 0 spiro atoms. The maximum Gasteiger partial charge on any atom is 0.264 e. The van der Waals surface area contributed by atoms with E-state index in [4.69, 9.17) is 4.74 Å². The van der Waals surface area contributed by atoms with Crippen molar-refractivity contribution in [1.82, 2.24) is 0 Å². The first-order valence-electron chi connectivity index (χ1n) is 7.37. The fourth-order valence-electron chi connectivity index (χ4n) is 2.75. The summed E-state index contributed by atoms with van der Waals surface area (Å²) in [4.78, 5) is 0.296. The van der Waals surface area contributed by atoms with E-state index in [0.29, 0.717) is 23.8 Å². The molecule has 0 saturated heterocycles. The van der Waals surface area contributed by atoms with Gasteiger partial charge in [-0.1, -0.05) is 17.7 Å². The Labute approximate surface area is 131 Å². The van der Waals surface area contributed by atoms with Crippen LogP contribution in [-0.4, -0.2) is 21.6 Å². The Morgan fingerprint density at radius 2 is 1.86 bits per heavy atom. The van der Waals surface area contributed by atoms with Crippen molar-refractivity contribution >= 4 is 15.7 Å². The van der Waals surface area contributed by atoms with Gasteiger partial charge >= 0.3 is 0 Å². The van der Waals surface area contributed by atoms with Crippen LogP contribution < -0.4 is 9.04 Å². The highest BCUT2D eigenvalue weighted by molar-refractivity contribution is 7.92. The third kappa shape index (κ3) is 2.57. The Balaban J connectivity index is 1.95. The first-order chi connectivity index (χ1) is 10.5. The Kier molecular flexibility index (Phi) is 3.83. The predicted molar refractivity (Wildman–Crippen MR) is 87.0 cm³/mol. The summed E-state index contributed by atoms with van der Waals surface area (Å²) in [5, 5.41) is 0. The number of ether oxygens (including phenoxy) is 1. The summed E-state index contributed by atoms with van der Waals surface area (Å²) in [5.41, 5.74) is 3.04. The van der Waals surface area contributed by atoms with E-state index in [9.17, 15) is 8.42 Å². The van der Waals surface area contributed by atoms with Crippen molar-refractivity contribution in [3.05, 3.63) is 53.6 Å². The molecule has 0 N–H and O–H groups in total. The van der Waals surface area contributed by atoms with Crippen molar-refractivity contribution in [2.75, 3.05) is 17.5 Å². The topological polar surface area (TPSA) is 46.6 Å². The minimum atomic E-state index is -3.52. The lowest BCUT2D eigenvalue weighted by atomic mass is 10.1. The second kappa shape index (κ2) is 5.65. The van der Waals surface area contributed by atoms with E-state index in [2.05, 4.69) is 6.07 Å². The van der Waals surface area contributed by atoms with E-state index >= 15 is 0 Å². The van der Waals surface area contributed by atoms with Crippen LogP contribution in [0.5, 0.6) is 5.75 Å². The van der Waals surface area contributed by atoms with Gasteiger partial charge in [-0.3, -0.25) is 4.31 Å². The van der Waals surface area contributed by atoms with E-state index < -0.39 is 10.0 Å². The number of anilines is 1. The maximum absolute atomic E-state index is 12.8. The second-order valence-corrected chi connectivity index (χ2v) is 7.23. The highest BCUT2D eigenvalue weighted by Crippen LogP contribution is 2.33. The lowest BCUT2D eigenvalue weighted by molar-refractivity contribution is 0.340. The molecule has 5 heteroatoms. The largest absolute Gasteiger partial charge is 0.494 e. The van der Waals surface area contributed by atoms with Gasteiger partial charge in [0.25, 0.3) is 10.0 Å². The summed E-state index contributed by atoms with van der Waals surface area (Å²) in [6.07, 6.45) is 0.757. The molecule has 0 saturated carbocycles. The van der Waals surface area contributed by atoms with E-state index in [1.54, 1.807) is 24.3 Å². The monoisotopic (exact) mass is 317 g/mol. The van der Waals surface area contributed by atoms with Crippen LogP contribution in [0.4, 0.5) is 5.69 Å². The van der Waals surface area contributed by atoms with Crippen molar-refractivity contribution < 1.29 is 13.2 Å². The summed E-state index contributed by atoms with van der Waals surface area (Å²) < 4.78 is 32.5. The molecule has 0 bridgehead atoms. The zero-order valence-corrected chi connectivity index (χ0v) is 13.6. The summed E-state index contributed by atoms with van der Waals surface area (Å²) in [6.45, 7) is 4.97. The molecule has 0 radical (unpaired) electrons. The molecule has 0 atom stereocenters. The van der Waals surface area contributed by atoms with Crippen LogP contribution in [0.3, 0.4) is 0 Å². The van der Waals surface area contributed by atoms with Crippen LogP contribution in [-0.2, 0) is 16.4 Å². The van der Waals surface area contributed by atoms with Gasteiger partial charge in [0, 0.05) is 6.54 Å². The predicted octanol–water partition coefficient (Wildman–Crippen LogP) is 3.15. The van der Waals surface area contributed by atoms with E-state index in [-0.39, 0.29) is 0 Å². The van der Waals surface area contributed by atoms with Gasteiger partial charge < -0.3 is 4.74 Å². The number of benzene rings is 2. The molecule has 3 rings (SSSR count). The number of hydrogen-bond donors (Lipinski definition) is 0. The minimum Gasteiger partial charge on any atom is -0.494 e. The van der Waals surface area contributed by atoms with Gasteiger partial charge in [-0.25, -0.2) is 8.42 Å². The summed E-state index contributed by atoms with van der Waals surface area (Å²) in [7, 11) is -3.52. The van der Waals surface area contributed by atoms with Crippen molar-refractivity contribution in [2.45, 2.75) is 25.2 Å². The Morgan fingerprint density at radius 1 is 1.14 bits per heavy atom. The highest BCUT2D eigenvalue weighted by atomic mass is 32.2. The fraction of sp³-hybridized carbons (Fsp3) is 0.294. The molecule has 0 unspecified atom stereocenters. The smallest absolute Gasteiger partial charge is 0.264 e. The number of hydrogen-bond acceptors (Lipinski definition) is 3. The Bertz CT molecular complexity index is 782. The number of nitrogens with zero attached hydrogens (tertiary/aromatic N) is 1. The third-order valence-corrected chi connectivity index (χ3v) is 5.64. The van der Waals surface area contributed by atoms with E-state index in [1.165, 1.54) is 4.31 Å². The summed E-state index contributed by atoms with van der Waals surface area (Å²) >= 11 is 0. The lowest BCUT2D eigenvalue weighted by Crippen LogP contribution is -2.29. The van der Waals surface area contributed by atoms with Gasteiger partial charge in [0.2, 0.25) is 0 Å². The molecule has 0 aromatic heterocycles. The molecule has 2 aromatic rings. The Morgan fingerprint density at radius 3 is 2.55 bits per heavy atom. The second-order valence-electron chi connectivity index (χ2n) is 5.36. The molecule has 1 aliphatic rings. The van der Waals surface area contributed by atoms with Gasteiger partial charge in [0.1, 0.15) is 5.75 Å². The fourth-order valence-corrected chi connectivity index (χ4v) is 4.25. The zero-order valence-electron chi connectivity index (χ0n) is 12.7. The van der Waals surface area contributed by atoms with Crippen molar-refractivity contribution in [3.8, 4) is 5.75 Å². The van der Waals surface area contributed by atoms with Gasteiger partial charge in [0.15, 0.2) is 0 Å². The highest BCUT2D eigenvalue weighted by Gasteiger charge is 2.30. The molecule has 116 valence electrons. The lowest BCUT2D eigenvalue weighted by Gasteiger charge is -2.20. The number of aryl methyl sites for hydroxylation is 1. The molecular formula is C17H19NO3S. The molecule has 1 aliphatic heterocycles. The van der Waals surface area contributed by atoms with Gasteiger partial charge in [-0.05, 0) is 56.2 Å². The van der Waals surface area contributed by atoms with Crippen LogP contribution in [0.2, 0.25) is 0 Å². The molecule has 0 amide bonds. The quantitative estimate of drug-likeness (QED) is 0.870. The van der Waals surface area contributed by atoms with E-state index in [0.717, 1.165) is 23.2 Å². The molecular weight excluding hydrogens is 298 g/mol. The average molecular weight is 317 g/mol. The van der Waals surface area contributed by atoms with Crippen LogP contribution in [0.15, 0.2) is 47.4 Å². The Hall–Kier alpha value is -2.01. The molecule has 0 fully saturated rings. The normalized spacial score (nSPS) is 14.0. The minimum absolute atomic E-state index is 0.296. The summed E-state index contributed by atoms with van der Waals surface area (Å²) in [6, 6.07) is 12.5. The SMILES string of the molecule is CCOc1ccc(S(=O)(=O)N2CCc3cc(C)ccc32)cc1.